The van der Waals surface area contributed by atoms with E-state index in [0.29, 0.717) is 26.1 Å². The number of rotatable bonds is 23. The molecule has 198 valence electrons. The molecule has 0 aliphatic rings. The minimum Gasteiger partial charge on any atom is -0.466 e. The second kappa shape index (κ2) is 24.0. The molecule has 0 aromatic rings. The van der Waals surface area contributed by atoms with Crippen LogP contribution in [0.4, 0.5) is 0 Å². The summed E-state index contributed by atoms with van der Waals surface area (Å²) in [7, 11) is 0. The lowest BCUT2D eigenvalue weighted by Crippen LogP contribution is -2.13. The summed E-state index contributed by atoms with van der Waals surface area (Å²) in [6.45, 7) is 5.50. The van der Waals surface area contributed by atoms with Gasteiger partial charge in [-0.25, -0.2) is 0 Å². The number of carbonyl (C=O) groups is 4. The van der Waals surface area contributed by atoms with Gasteiger partial charge in [0.05, 0.1) is 52.1 Å². The third-order valence-corrected chi connectivity index (χ3v) is 5.15. The van der Waals surface area contributed by atoms with Gasteiger partial charge in [0.1, 0.15) is 0 Å². The van der Waals surface area contributed by atoms with Gasteiger partial charge in [-0.1, -0.05) is 65.2 Å². The zero-order valence-electron chi connectivity index (χ0n) is 21.4. The molecule has 0 radical (unpaired) electrons. The maximum atomic E-state index is 11.7. The van der Waals surface area contributed by atoms with Crippen LogP contribution in [0.25, 0.3) is 0 Å². The van der Waals surface area contributed by atoms with E-state index in [4.69, 9.17) is 18.9 Å². The van der Waals surface area contributed by atoms with Crippen LogP contribution >= 0.6 is 0 Å². The van der Waals surface area contributed by atoms with Crippen LogP contribution in [0.5, 0.6) is 0 Å². The minimum absolute atomic E-state index is 0.00149. The first-order valence-electron chi connectivity index (χ1n) is 13.1. The van der Waals surface area contributed by atoms with E-state index in [-0.39, 0.29) is 50.8 Å². The van der Waals surface area contributed by atoms with Gasteiger partial charge in [-0.15, -0.1) is 0 Å². The first-order valence-corrected chi connectivity index (χ1v) is 13.1. The average Bonchev–Trinajstić information content (AvgIpc) is 2.83. The molecule has 0 spiro atoms. The van der Waals surface area contributed by atoms with Gasteiger partial charge in [-0.05, 0) is 25.7 Å². The molecule has 0 N–H and O–H groups in total. The minimum atomic E-state index is -0.444. The Balaban J connectivity index is 3.51. The lowest BCUT2D eigenvalue weighted by atomic mass is 10.2. The van der Waals surface area contributed by atoms with Crippen LogP contribution in [0, 0.1) is 0 Å². The Bertz CT molecular complexity index is 499. The van der Waals surface area contributed by atoms with Crippen molar-refractivity contribution in [3.8, 4) is 0 Å². The molecule has 0 saturated heterocycles. The number of unbranched alkanes of at least 4 members (excludes halogenated alkanes) is 9. The quantitative estimate of drug-likeness (QED) is 0.107. The van der Waals surface area contributed by atoms with Gasteiger partial charge in [0, 0.05) is 0 Å². The highest BCUT2D eigenvalue weighted by atomic mass is 16.5. The Kier molecular flexibility index (Phi) is 22.5. The predicted octanol–water partition coefficient (Wildman–Crippen LogP) is 5.44. The van der Waals surface area contributed by atoms with Crippen molar-refractivity contribution >= 4 is 23.9 Å². The van der Waals surface area contributed by atoms with Gasteiger partial charge in [0.25, 0.3) is 0 Å². The molecule has 0 rings (SSSR count). The van der Waals surface area contributed by atoms with Crippen molar-refractivity contribution in [2.24, 2.45) is 0 Å². The summed E-state index contributed by atoms with van der Waals surface area (Å²) in [4.78, 5) is 46.5. The Labute approximate surface area is 205 Å². The molecule has 34 heavy (non-hydrogen) atoms. The molecule has 8 heteroatoms. The number of hydrogen-bond donors (Lipinski definition) is 0. The lowest BCUT2D eigenvalue weighted by molar-refractivity contribution is -0.151. The van der Waals surface area contributed by atoms with Gasteiger partial charge in [0.15, 0.2) is 0 Å². The molecular weight excluding hydrogens is 440 g/mol. The molecule has 0 aliphatic carbocycles. The Hall–Kier alpha value is -2.12. The van der Waals surface area contributed by atoms with Crippen LogP contribution in [-0.2, 0) is 38.1 Å². The summed E-state index contributed by atoms with van der Waals surface area (Å²) < 4.78 is 20.3. The highest BCUT2D eigenvalue weighted by Crippen LogP contribution is 2.05. The third kappa shape index (κ3) is 23.1. The van der Waals surface area contributed by atoms with Crippen LogP contribution in [0.1, 0.15) is 117 Å². The second-order valence-corrected chi connectivity index (χ2v) is 8.42. The first-order chi connectivity index (χ1) is 16.5. The number of hydrogen-bond acceptors (Lipinski definition) is 8. The molecule has 8 nitrogen and oxygen atoms in total. The van der Waals surface area contributed by atoms with Crippen LogP contribution in [0.15, 0.2) is 0 Å². The van der Waals surface area contributed by atoms with Gasteiger partial charge < -0.3 is 18.9 Å². The van der Waals surface area contributed by atoms with Crippen molar-refractivity contribution in [1.29, 1.82) is 0 Å². The molecule has 0 aromatic heterocycles. The summed E-state index contributed by atoms with van der Waals surface area (Å²) in [6.07, 6.45) is 11.9. The molecule has 0 atom stereocenters. The fourth-order valence-corrected chi connectivity index (χ4v) is 3.06. The van der Waals surface area contributed by atoms with Crippen molar-refractivity contribution in [2.75, 3.05) is 26.4 Å². The molecule has 0 unspecified atom stereocenters. The van der Waals surface area contributed by atoms with E-state index in [1.165, 1.54) is 25.7 Å². The highest BCUT2D eigenvalue weighted by molar-refractivity contribution is 5.78. The van der Waals surface area contributed by atoms with Gasteiger partial charge in [-0.3, -0.25) is 19.2 Å². The molecule has 0 bridgehead atoms. The van der Waals surface area contributed by atoms with E-state index in [0.717, 1.165) is 38.5 Å². The number of esters is 4. The number of carbonyl (C=O) groups excluding carboxylic acids is 4. The maximum Gasteiger partial charge on any atom is 0.306 e. The summed E-state index contributed by atoms with van der Waals surface area (Å²) in [5, 5.41) is 0. The largest absolute Gasteiger partial charge is 0.466 e. The monoisotopic (exact) mass is 486 g/mol. The molecule has 0 saturated carbocycles. The normalized spacial score (nSPS) is 10.5. The smallest absolute Gasteiger partial charge is 0.306 e. The maximum absolute atomic E-state index is 11.7. The Morgan fingerprint density at radius 1 is 0.382 bits per heavy atom. The fourth-order valence-electron chi connectivity index (χ4n) is 3.06. The van der Waals surface area contributed by atoms with Crippen LogP contribution in [-0.4, -0.2) is 50.3 Å². The van der Waals surface area contributed by atoms with E-state index in [9.17, 15) is 19.2 Å². The van der Waals surface area contributed by atoms with Crippen LogP contribution in [0.3, 0.4) is 0 Å². The summed E-state index contributed by atoms with van der Waals surface area (Å²) in [6, 6.07) is 0. The van der Waals surface area contributed by atoms with Crippen LogP contribution < -0.4 is 0 Å². The van der Waals surface area contributed by atoms with Crippen molar-refractivity contribution in [2.45, 2.75) is 117 Å². The summed E-state index contributed by atoms with van der Waals surface area (Å²) in [5.74, 6) is -1.65. The SMILES string of the molecule is CCCCCCCOC(=O)CCC(=O)OCCCCOC(=O)CCC(=O)OCCCCCCC. The summed E-state index contributed by atoms with van der Waals surface area (Å²) in [5.41, 5.74) is 0. The standard InChI is InChI=1S/C26H46O8/c1-3-5-7-9-11-19-31-23(27)15-17-25(29)33-21-13-14-22-34-26(30)18-16-24(28)32-20-12-10-8-6-4-2/h3-22H2,1-2H3. The Morgan fingerprint density at radius 3 is 0.882 bits per heavy atom. The zero-order valence-corrected chi connectivity index (χ0v) is 21.4. The van der Waals surface area contributed by atoms with E-state index in [1.54, 1.807) is 0 Å². The molecular formula is C26H46O8. The predicted molar refractivity (Wildman–Crippen MR) is 129 cm³/mol. The van der Waals surface area contributed by atoms with Crippen molar-refractivity contribution in [3.05, 3.63) is 0 Å². The van der Waals surface area contributed by atoms with E-state index >= 15 is 0 Å². The van der Waals surface area contributed by atoms with Crippen molar-refractivity contribution < 1.29 is 38.1 Å². The Morgan fingerprint density at radius 2 is 0.618 bits per heavy atom. The lowest BCUT2D eigenvalue weighted by Gasteiger charge is -2.07. The van der Waals surface area contributed by atoms with Crippen molar-refractivity contribution in [3.63, 3.8) is 0 Å². The first kappa shape index (κ1) is 31.9. The molecule has 0 aliphatic heterocycles. The molecule has 0 fully saturated rings. The van der Waals surface area contributed by atoms with Crippen LogP contribution in [0.2, 0.25) is 0 Å². The average molecular weight is 487 g/mol. The van der Waals surface area contributed by atoms with Gasteiger partial charge in [-0.2, -0.15) is 0 Å². The molecule has 0 heterocycles. The summed E-state index contributed by atoms with van der Waals surface area (Å²) >= 11 is 0. The fraction of sp³-hybridized carbons (Fsp3) is 0.846. The third-order valence-electron chi connectivity index (χ3n) is 5.15. The van der Waals surface area contributed by atoms with E-state index in [1.807, 2.05) is 0 Å². The van der Waals surface area contributed by atoms with E-state index < -0.39 is 11.9 Å². The topological polar surface area (TPSA) is 105 Å². The number of ether oxygens (including phenoxy) is 4. The van der Waals surface area contributed by atoms with Crippen molar-refractivity contribution in [1.82, 2.24) is 0 Å². The van der Waals surface area contributed by atoms with Gasteiger partial charge in [0.2, 0.25) is 0 Å². The van der Waals surface area contributed by atoms with Gasteiger partial charge >= 0.3 is 23.9 Å². The highest BCUT2D eigenvalue weighted by Gasteiger charge is 2.10. The van der Waals surface area contributed by atoms with E-state index in [2.05, 4.69) is 13.8 Å². The molecule has 0 aromatic carbocycles. The zero-order chi connectivity index (χ0) is 25.3. The second-order valence-electron chi connectivity index (χ2n) is 8.42. The molecule has 0 amide bonds.